The van der Waals surface area contributed by atoms with Gasteiger partial charge in [-0.3, -0.25) is 4.57 Å². The third kappa shape index (κ3) is 1.87. The van der Waals surface area contributed by atoms with Crippen LogP contribution in [0.3, 0.4) is 0 Å². The van der Waals surface area contributed by atoms with Gasteiger partial charge in [-0.2, -0.15) is 0 Å². The van der Waals surface area contributed by atoms with Crippen molar-refractivity contribution in [3.8, 4) is 5.69 Å². The van der Waals surface area contributed by atoms with Gasteiger partial charge < -0.3 is 0 Å². The summed E-state index contributed by atoms with van der Waals surface area (Å²) in [5, 5.41) is 6.77. The monoisotopic (exact) mass is 293 g/mol. The maximum Gasteiger partial charge on any atom is 0.229 e. The van der Waals surface area contributed by atoms with Gasteiger partial charge in [0, 0.05) is 4.47 Å². The van der Waals surface area contributed by atoms with E-state index in [1.165, 1.54) is 0 Å². The lowest BCUT2D eigenvalue weighted by atomic mass is 10.3. The van der Waals surface area contributed by atoms with Crippen molar-refractivity contribution in [3.63, 3.8) is 0 Å². The maximum atomic E-state index is 13.4. The van der Waals surface area contributed by atoms with E-state index in [1.807, 2.05) is 0 Å². The second kappa shape index (κ2) is 3.86. The van der Waals surface area contributed by atoms with E-state index < -0.39 is 11.6 Å². The minimum atomic E-state index is -0.747. The number of benzene rings is 1. The third-order valence-electron chi connectivity index (χ3n) is 1.73. The fourth-order valence-corrected chi connectivity index (χ4v) is 1.71. The van der Waals surface area contributed by atoms with E-state index in [4.69, 9.17) is 11.6 Å². The van der Waals surface area contributed by atoms with E-state index in [0.717, 1.165) is 23.0 Å². The van der Waals surface area contributed by atoms with Gasteiger partial charge in [0.1, 0.15) is 12.0 Å². The summed E-state index contributed by atoms with van der Waals surface area (Å²) < 4.78 is 28.2. The number of hydrogen-bond donors (Lipinski definition) is 0. The zero-order chi connectivity index (χ0) is 11.0. The number of aromatic nitrogens is 3. The Morgan fingerprint density at radius 3 is 2.33 bits per heavy atom. The van der Waals surface area contributed by atoms with E-state index in [1.54, 1.807) is 0 Å². The largest absolute Gasteiger partial charge is 0.266 e. The molecule has 0 bridgehead atoms. The smallest absolute Gasteiger partial charge is 0.229 e. The lowest BCUT2D eigenvalue weighted by Crippen LogP contribution is -2.00. The van der Waals surface area contributed by atoms with Crippen LogP contribution in [0.1, 0.15) is 0 Å². The van der Waals surface area contributed by atoms with Crippen LogP contribution in [0.25, 0.3) is 5.69 Å². The predicted molar refractivity (Wildman–Crippen MR) is 54.0 cm³/mol. The molecule has 0 atom stereocenters. The van der Waals surface area contributed by atoms with Gasteiger partial charge in [-0.05, 0) is 23.7 Å². The summed E-state index contributed by atoms with van der Waals surface area (Å²) in [7, 11) is 0. The molecule has 2 aromatic rings. The van der Waals surface area contributed by atoms with E-state index in [2.05, 4.69) is 26.1 Å². The Morgan fingerprint density at radius 2 is 1.87 bits per heavy atom. The zero-order valence-electron chi connectivity index (χ0n) is 7.09. The SMILES string of the molecule is Fc1cc(Br)cc(F)c1-n1cnnc1Cl. The minimum Gasteiger partial charge on any atom is -0.266 e. The van der Waals surface area contributed by atoms with Crippen molar-refractivity contribution in [2.75, 3.05) is 0 Å². The summed E-state index contributed by atoms with van der Waals surface area (Å²) in [6, 6.07) is 2.27. The quantitative estimate of drug-likeness (QED) is 0.809. The minimum absolute atomic E-state index is 0.102. The van der Waals surface area contributed by atoms with Crippen molar-refractivity contribution in [3.05, 3.63) is 39.9 Å². The lowest BCUT2D eigenvalue weighted by molar-refractivity contribution is 0.567. The number of halogens is 4. The molecular weight excluding hydrogens is 291 g/mol. The first-order valence-electron chi connectivity index (χ1n) is 3.80. The Balaban J connectivity index is 2.68. The Bertz CT molecular complexity index is 491. The Labute approximate surface area is 96.8 Å². The van der Waals surface area contributed by atoms with Crippen LogP contribution >= 0.6 is 27.5 Å². The van der Waals surface area contributed by atoms with Crippen LogP contribution in [0.5, 0.6) is 0 Å². The Kier molecular flexibility index (Phi) is 2.70. The highest BCUT2D eigenvalue weighted by molar-refractivity contribution is 9.10. The molecule has 78 valence electrons. The molecule has 0 N–H and O–H groups in total. The topological polar surface area (TPSA) is 30.7 Å². The highest BCUT2D eigenvalue weighted by atomic mass is 79.9. The van der Waals surface area contributed by atoms with E-state index >= 15 is 0 Å². The van der Waals surface area contributed by atoms with Crippen LogP contribution in [0.4, 0.5) is 8.78 Å². The second-order valence-corrected chi connectivity index (χ2v) is 3.94. The molecule has 0 aliphatic rings. The van der Waals surface area contributed by atoms with Crippen LogP contribution in [0, 0.1) is 11.6 Å². The van der Waals surface area contributed by atoms with Crippen LogP contribution in [0.2, 0.25) is 5.28 Å². The molecule has 0 spiro atoms. The third-order valence-corrected chi connectivity index (χ3v) is 2.44. The molecule has 0 fully saturated rings. The molecule has 1 aromatic heterocycles. The molecule has 7 heteroatoms. The number of nitrogens with zero attached hydrogens (tertiary/aromatic N) is 3. The highest BCUT2D eigenvalue weighted by Gasteiger charge is 2.15. The van der Waals surface area contributed by atoms with Crippen LogP contribution in [-0.4, -0.2) is 14.8 Å². The average Bonchev–Trinajstić information content (AvgIpc) is 2.50. The first-order chi connectivity index (χ1) is 7.09. The molecule has 0 unspecified atom stereocenters. The van der Waals surface area contributed by atoms with Crippen molar-refractivity contribution < 1.29 is 8.78 Å². The molecule has 3 nitrogen and oxygen atoms in total. The van der Waals surface area contributed by atoms with Crippen molar-refractivity contribution in [2.45, 2.75) is 0 Å². The van der Waals surface area contributed by atoms with E-state index in [0.29, 0.717) is 4.47 Å². The Hall–Kier alpha value is -1.01. The summed E-state index contributed by atoms with van der Waals surface area (Å²) >= 11 is 8.58. The van der Waals surface area contributed by atoms with Gasteiger partial charge in [0.15, 0.2) is 11.6 Å². The van der Waals surface area contributed by atoms with Gasteiger partial charge in [0.2, 0.25) is 5.28 Å². The summed E-state index contributed by atoms with van der Waals surface area (Å²) in [5.74, 6) is -1.49. The fraction of sp³-hybridized carbons (Fsp3) is 0. The van der Waals surface area contributed by atoms with Crippen molar-refractivity contribution in [1.82, 2.24) is 14.8 Å². The van der Waals surface area contributed by atoms with Gasteiger partial charge in [0.05, 0.1) is 0 Å². The molecule has 1 heterocycles. The normalized spacial score (nSPS) is 10.7. The summed E-state index contributed by atoms with van der Waals surface area (Å²) in [6.45, 7) is 0. The second-order valence-electron chi connectivity index (χ2n) is 2.69. The number of rotatable bonds is 1. The highest BCUT2D eigenvalue weighted by Crippen LogP contribution is 2.24. The molecule has 15 heavy (non-hydrogen) atoms. The van der Waals surface area contributed by atoms with Gasteiger partial charge >= 0.3 is 0 Å². The molecule has 2 rings (SSSR count). The molecule has 1 aromatic carbocycles. The van der Waals surface area contributed by atoms with Crippen molar-refractivity contribution in [1.29, 1.82) is 0 Å². The van der Waals surface area contributed by atoms with Crippen molar-refractivity contribution >= 4 is 27.5 Å². The van der Waals surface area contributed by atoms with E-state index in [9.17, 15) is 8.78 Å². The van der Waals surface area contributed by atoms with Gasteiger partial charge in [-0.15, -0.1) is 10.2 Å². The molecule has 0 saturated carbocycles. The summed E-state index contributed by atoms with van der Waals surface area (Å²) in [6.07, 6.45) is 1.14. The average molecular weight is 294 g/mol. The molecule has 0 saturated heterocycles. The van der Waals surface area contributed by atoms with Crippen LogP contribution < -0.4 is 0 Å². The molecule has 0 aliphatic heterocycles. The predicted octanol–water partition coefficient (Wildman–Crippen LogP) is 2.96. The zero-order valence-corrected chi connectivity index (χ0v) is 9.43. The number of hydrogen-bond acceptors (Lipinski definition) is 2. The summed E-state index contributed by atoms with van der Waals surface area (Å²) in [5.41, 5.74) is -0.298. The molecular formula is C8H3BrClF2N3. The van der Waals surface area contributed by atoms with Gasteiger partial charge in [-0.25, -0.2) is 8.78 Å². The maximum absolute atomic E-state index is 13.4. The molecule has 0 amide bonds. The first kappa shape index (κ1) is 10.5. The Morgan fingerprint density at radius 1 is 1.27 bits per heavy atom. The fourth-order valence-electron chi connectivity index (χ4n) is 1.14. The van der Waals surface area contributed by atoms with Gasteiger partial charge in [-0.1, -0.05) is 15.9 Å². The lowest BCUT2D eigenvalue weighted by Gasteiger charge is -2.06. The molecule has 0 radical (unpaired) electrons. The summed E-state index contributed by atoms with van der Waals surface area (Å²) in [4.78, 5) is 0. The van der Waals surface area contributed by atoms with Crippen molar-refractivity contribution in [2.24, 2.45) is 0 Å². The standard InChI is InChI=1S/C8H3BrClF2N3/c9-4-1-5(11)7(6(12)2-4)15-3-13-14-8(15)10/h1-3H. The van der Waals surface area contributed by atoms with Crippen LogP contribution in [-0.2, 0) is 0 Å². The first-order valence-corrected chi connectivity index (χ1v) is 4.97. The van der Waals surface area contributed by atoms with Gasteiger partial charge in [0.25, 0.3) is 0 Å². The van der Waals surface area contributed by atoms with Crippen LogP contribution in [0.15, 0.2) is 22.9 Å². The molecule has 0 aliphatic carbocycles. The van der Waals surface area contributed by atoms with E-state index in [-0.39, 0.29) is 11.0 Å².